The Balaban J connectivity index is 0. The van der Waals surface area contributed by atoms with E-state index in [2.05, 4.69) is 0 Å². The molecule has 0 aliphatic heterocycles. The Kier molecular flexibility index (Phi) is 11.9. The first-order chi connectivity index (χ1) is 7.57. The molecule has 0 aliphatic rings. The minimum atomic E-state index is -0.362. The molecule has 0 aliphatic carbocycles. The number of ether oxygens (including phenoxy) is 2. The summed E-state index contributed by atoms with van der Waals surface area (Å²) < 4.78 is 9.43. The van der Waals surface area contributed by atoms with Crippen molar-refractivity contribution in [3.05, 3.63) is 12.2 Å². The summed E-state index contributed by atoms with van der Waals surface area (Å²) >= 11 is 0. The molecule has 0 radical (unpaired) electrons. The van der Waals surface area contributed by atoms with Crippen molar-refractivity contribution in [2.24, 2.45) is 5.92 Å². The molecule has 0 bridgehead atoms. The van der Waals surface area contributed by atoms with Gasteiger partial charge in [-0.15, -0.1) is 0 Å². The van der Waals surface area contributed by atoms with E-state index in [4.69, 9.17) is 9.47 Å². The first kappa shape index (κ1) is 18.1. The molecule has 4 heteroatoms. The van der Waals surface area contributed by atoms with Gasteiger partial charge in [-0.25, -0.2) is 0 Å². The normalized spacial score (nSPS) is 10.1. The molecule has 0 aromatic rings. The molecule has 4 nitrogen and oxygen atoms in total. The number of hydrogen-bond donors (Lipinski definition) is 0. The Bertz CT molecular complexity index is 244. The van der Waals surface area contributed by atoms with Gasteiger partial charge in [-0.2, -0.15) is 0 Å². The molecule has 0 atom stereocenters. The van der Waals surface area contributed by atoms with E-state index >= 15 is 0 Å². The lowest BCUT2D eigenvalue weighted by molar-refractivity contribution is -0.169. The monoisotopic (exact) mass is 244 g/mol. The van der Waals surface area contributed by atoms with Crippen LogP contribution in [0, 0.1) is 5.92 Å². The maximum absolute atomic E-state index is 11.1. The average molecular weight is 244 g/mol. The smallest absolute Gasteiger partial charge is 0.311 e. The molecule has 0 saturated carbocycles. The molecular weight excluding hydrogens is 220 g/mol. The van der Waals surface area contributed by atoms with Gasteiger partial charge in [0.2, 0.25) is 6.79 Å². The largest absolute Gasteiger partial charge is 0.428 e. The van der Waals surface area contributed by atoms with Gasteiger partial charge in [0.1, 0.15) is 0 Å². The number of rotatable bonds is 7. The Hall–Kier alpha value is -1.32. The molecule has 0 rings (SSSR count). The lowest BCUT2D eigenvalue weighted by Gasteiger charge is -2.07. The van der Waals surface area contributed by atoms with Crippen molar-refractivity contribution in [2.75, 3.05) is 6.79 Å². The van der Waals surface area contributed by atoms with Crippen molar-refractivity contribution in [2.45, 2.75) is 47.5 Å². The molecule has 0 saturated heterocycles. The third kappa shape index (κ3) is 11.0. The van der Waals surface area contributed by atoms with E-state index in [9.17, 15) is 9.59 Å². The predicted molar refractivity (Wildman–Crippen MR) is 67.3 cm³/mol. The third-order valence-electron chi connectivity index (χ3n) is 1.81. The maximum atomic E-state index is 11.1. The average Bonchev–Trinajstić information content (AvgIpc) is 2.24. The second kappa shape index (κ2) is 11.2. The number of carbonyl (C=O) groups is 2. The van der Waals surface area contributed by atoms with Gasteiger partial charge in [0, 0.05) is 6.42 Å². The Morgan fingerprint density at radius 3 is 2.35 bits per heavy atom. The van der Waals surface area contributed by atoms with Crippen molar-refractivity contribution < 1.29 is 19.1 Å². The third-order valence-corrected chi connectivity index (χ3v) is 1.81. The van der Waals surface area contributed by atoms with Crippen LogP contribution in [0.15, 0.2) is 12.2 Å². The standard InChI is InChI=1S/C12H20O4.CH4/c1-4-5-6-7-8-11(13)15-9-16-12(14)10(2)3;/h5-6,10H,4,7-9H2,1-3H3;1H4. The van der Waals surface area contributed by atoms with Gasteiger partial charge >= 0.3 is 11.9 Å². The van der Waals surface area contributed by atoms with Crippen LogP contribution in [0.1, 0.15) is 47.5 Å². The highest BCUT2D eigenvalue weighted by molar-refractivity contribution is 5.72. The highest BCUT2D eigenvalue weighted by atomic mass is 16.7. The molecule has 100 valence electrons. The van der Waals surface area contributed by atoms with E-state index in [0.29, 0.717) is 12.8 Å². The van der Waals surface area contributed by atoms with Crippen LogP contribution in [-0.2, 0) is 19.1 Å². The van der Waals surface area contributed by atoms with Crippen LogP contribution in [0.2, 0.25) is 0 Å². The summed E-state index contributed by atoms with van der Waals surface area (Å²) in [5.41, 5.74) is 0. The molecule has 17 heavy (non-hydrogen) atoms. The van der Waals surface area contributed by atoms with Crippen LogP contribution in [-0.4, -0.2) is 18.7 Å². The van der Waals surface area contributed by atoms with Crippen LogP contribution in [0.4, 0.5) is 0 Å². The van der Waals surface area contributed by atoms with Gasteiger partial charge in [-0.05, 0) is 12.8 Å². The summed E-state index contributed by atoms with van der Waals surface area (Å²) in [7, 11) is 0. The van der Waals surface area contributed by atoms with Gasteiger partial charge in [0.25, 0.3) is 0 Å². The van der Waals surface area contributed by atoms with Crippen LogP contribution in [0.5, 0.6) is 0 Å². The molecule has 0 aromatic heterocycles. The first-order valence-electron chi connectivity index (χ1n) is 5.55. The van der Waals surface area contributed by atoms with E-state index in [0.717, 1.165) is 6.42 Å². The summed E-state index contributed by atoms with van der Waals surface area (Å²) in [4.78, 5) is 22.1. The summed E-state index contributed by atoms with van der Waals surface area (Å²) in [6.07, 6.45) is 5.86. The predicted octanol–water partition coefficient (Wildman–Crippen LogP) is 3.07. The Morgan fingerprint density at radius 1 is 1.18 bits per heavy atom. The molecule has 0 spiro atoms. The maximum Gasteiger partial charge on any atom is 0.311 e. The van der Waals surface area contributed by atoms with E-state index in [-0.39, 0.29) is 32.1 Å². The summed E-state index contributed by atoms with van der Waals surface area (Å²) in [6, 6.07) is 0. The zero-order chi connectivity index (χ0) is 12.4. The number of esters is 2. The van der Waals surface area contributed by atoms with Gasteiger partial charge in [0.05, 0.1) is 5.92 Å². The summed E-state index contributed by atoms with van der Waals surface area (Å²) in [5.74, 6) is -0.915. The quantitative estimate of drug-likeness (QED) is 0.392. The number of hydrogen-bond acceptors (Lipinski definition) is 4. The minimum Gasteiger partial charge on any atom is -0.428 e. The molecular formula is C13H24O4. The van der Waals surface area contributed by atoms with Crippen molar-refractivity contribution >= 4 is 11.9 Å². The molecule has 0 heterocycles. The Morgan fingerprint density at radius 2 is 1.82 bits per heavy atom. The van der Waals surface area contributed by atoms with Gasteiger partial charge in [-0.1, -0.05) is 40.3 Å². The second-order valence-electron chi connectivity index (χ2n) is 3.67. The number of allylic oxidation sites excluding steroid dienone is 2. The SMILES string of the molecule is C.CCC=CCCC(=O)OCOC(=O)C(C)C. The molecule has 0 unspecified atom stereocenters. The zero-order valence-corrected chi connectivity index (χ0v) is 10.2. The summed E-state index contributed by atoms with van der Waals surface area (Å²) in [5, 5.41) is 0. The summed E-state index contributed by atoms with van der Waals surface area (Å²) in [6.45, 7) is 5.19. The highest BCUT2D eigenvalue weighted by Crippen LogP contribution is 1.98. The number of carbonyl (C=O) groups excluding carboxylic acids is 2. The fraction of sp³-hybridized carbons (Fsp3) is 0.692. The van der Waals surface area contributed by atoms with Gasteiger partial charge < -0.3 is 9.47 Å². The first-order valence-corrected chi connectivity index (χ1v) is 5.55. The Labute approximate surface area is 104 Å². The fourth-order valence-corrected chi connectivity index (χ4v) is 0.878. The second-order valence-corrected chi connectivity index (χ2v) is 3.67. The van der Waals surface area contributed by atoms with Gasteiger partial charge in [-0.3, -0.25) is 9.59 Å². The molecule has 0 amide bonds. The minimum absolute atomic E-state index is 0. The van der Waals surface area contributed by atoms with Crippen LogP contribution in [0.25, 0.3) is 0 Å². The van der Waals surface area contributed by atoms with Crippen molar-refractivity contribution in [3.8, 4) is 0 Å². The molecule has 0 aromatic carbocycles. The van der Waals surface area contributed by atoms with E-state index < -0.39 is 0 Å². The molecule has 0 fully saturated rings. The highest BCUT2D eigenvalue weighted by Gasteiger charge is 2.09. The molecule has 0 N–H and O–H groups in total. The lowest BCUT2D eigenvalue weighted by Crippen LogP contribution is -2.16. The van der Waals surface area contributed by atoms with Crippen LogP contribution in [0.3, 0.4) is 0 Å². The topological polar surface area (TPSA) is 52.6 Å². The lowest BCUT2D eigenvalue weighted by atomic mass is 10.2. The van der Waals surface area contributed by atoms with Crippen LogP contribution >= 0.6 is 0 Å². The van der Waals surface area contributed by atoms with Crippen molar-refractivity contribution in [1.82, 2.24) is 0 Å². The van der Waals surface area contributed by atoms with Crippen LogP contribution < -0.4 is 0 Å². The van der Waals surface area contributed by atoms with Crippen molar-refractivity contribution in [3.63, 3.8) is 0 Å². The van der Waals surface area contributed by atoms with E-state index in [1.165, 1.54) is 0 Å². The fourth-order valence-electron chi connectivity index (χ4n) is 0.878. The van der Waals surface area contributed by atoms with E-state index in [1.807, 2.05) is 19.1 Å². The van der Waals surface area contributed by atoms with E-state index in [1.54, 1.807) is 13.8 Å². The van der Waals surface area contributed by atoms with Crippen molar-refractivity contribution in [1.29, 1.82) is 0 Å². The van der Waals surface area contributed by atoms with Gasteiger partial charge in [0.15, 0.2) is 0 Å². The zero-order valence-electron chi connectivity index (χ0n) is 10.2.